The van der Waals surface area contributed by atoms with E-state index in [1.165, 1.54) is 4.88 Å². The lowest BCUT2D eigenvalue weighted by atomic mass is 10.2. The van der Waals surface area contributed by atoms with Gasteiger partial charge in [0.2, 0.25) is 0 Å². The minimum atomic E-state index is 0.238. The first kappa shape index (κ1) is 12.6. The predicted octanol–water partition coefficient (Wildman–Crippen LogP) is 1.98. The van der Waals surface area contributed by atoms with E-state index in [-0.39, 0.29) is 6.61 Å². The number of aromatic nitrogens is 1. The van der Waals surface area contributed by atoms with E-state index in [2.05, 4.69) is 24.1 Å². The van der Waals surface area contributed by atoms with Crippen molar-refractivity contribution < 1.29 is 5.11 Å². The molecule has 0 amide bonds. The van der Waals surface area contributed by atoms with Gasteiger partial charge in [-0.25, -0.2) is 4.98 Å². The van der Waals surface area contributed by atoms with Crippen molar-refractivity contribution in [3.8, 4) is 0 Å². The zero-order valence-corrected chi connectivity index (χ0v) is 10.5. The highest BCUT2D eigenvalue weighted by Crippen LogP contribution is 2.21. The van der Waals surface area contributed by atoms with E-state index < -0.39 is 0 Å². The average molecular weight is 228 g/mol. The number of aliphatic hydroxyl groups is 1. The number of nitrogens with zero attached hydrogens (tertiary/aromatic N) is 1. The maximum absolute atomic E-state index is 8.86. The highest BCUT2D eigenvalue weighted by atomic mass is 32.1. The molecule has 0 aromatic carbocycles. The van der Waals surface area contributed by atoms with Gasteiger partial charge in [-0.2, -0.15) is 0 Å². The molecule has 1 heterocycles. The summed E-state index contributed by atoms with van der Waals surface area (Å²) in [6, 6.07) is 0. The van der Waals surface area contributed by atoms with Crippen LogP contribution in [0.3, 0.4) is 0 Å². The van der Waals surface area contributed by atoms with Gasteiger partial charge in [-0.05, 0) is 11.8 Å². The van der Waals surface area contributed by atoms with Crippen LogP contribution >= 0.6 is 11.3 Å². The average Bonchev–Trinajstić information content (AvgIpc) is 2.66. The van der Waals surface area contributed by atoms with Gasteiger partial charge >= 0.3 is 0 Å². The lowest BCUT2D eigenvalue weighted by Gasteiger charge is -2.07. The van der Waals surface area contributed by atoms with Gasteiger partial charge in [-0.1, -0.05) is 20.8 Å². The molecule has 3 nitrogen and oxygen atoms in total. The molecule has 1 aromatic rings. The van der Waals surface area contributed by atoms with Crippen molar-refractivity contribution in [1.82, 2.24) is 10.3 Å². The third-order valence-corrected chi connectivity index (χ3v) is 3.52. The Kier molecular flexibility index (Phi) is 5.22. The van der Waals surface area contributed by atoms with E-state index in [9.17, 15) is 0 Å². The molecule has 1 aromatic heterocycles. The molecule has 1 atom stereocenters. The number of rotatable bonds is 6. The van der Waals surface area contributed by atoms with Crippen molar-refractivity contribution in [2.24, 2.45) is 5.92 Å². The van der Waals surface area contributed by atoms with E-state index in [0.29, 0.717) is 11.8 Å². The fourth-order valence-electron chi connectivity index (χ4n) is 1.16. The molecule has 15 heavy (non-hydrogen) atoms. The second-order valence-electron chi connectivity index (χ2n) is 4.23. The minimum Gasteiger partial charge on any atom is -0.396 e. The quantitative estimate of drug-likeness (QED) is 0.782. The van der Waals surface area contributed by atoms with Crippen molar-refractivity contribution in [3.05, 3.63) is 16.1 Å². The van der Waals surface area contributed by atoms with E-state index in [4.69, 9.17) is 5.11 Å². The Balaban J connectivity index is 2.31. The SMILES string of the molecule is CC(CO)CNCc1ncc(C(C)C)s1. The molecule has 0 aliphatic heterocycles. The Morgan fingerprint density at radius 2 is 2.20 bits per heavy atom. The normalized spacial score (nSPS) is 13.4. The third kappa shape index (κ3) is 4.28. The zero-order valence-electron chi connectivity index (χ0n) is 9.66. The molecular weight excluding hydrogens is 208 g/mol. The predicted molar refractivity (Wildman–Crippen MR) is 64.2 cm³/mol. The fourth-order valence-corrected chi connectivity index (χ4v) is 2.06. The number of thiazole rings is 1. The van der Waals surface area contributed by atoms with Crippen LogP contribution in [0.15, 0.2) is 6.20 Å². The molecule has 0 aliphatic rings. The summed E-state index contributed by atoms with van der Waals surface area (Å²) >= 11 is 1.76. The van der Waals surface area contributed by atoms with E-state index in [0.717, 1.165) is 18.1 Å². The van der Waals surface area contributed by atoms with Crippen LogP contribution in [0.5, 0.6) is 0 Å². The molecule has 0 saturated carbocycles. The summed E-state index contributed by atoms with van der Waals surface area (Å²) in [6.45, 7) is 8.27. The molecule has 2 N–H and O–H groups in total. The Hall–Kier alpha value is -0.450. The number of hydrogen-bond donors (Lipinski definition) is 2. The number of nitrogens with one attached hydrogen (secondary N) is 1. The smallest absolute Gasteiger partial charge is 0.107 e. The summed E-state index contributed by atoms with van der Waals surface area (Å²) < 4.78 is 0. The van der Waals surface area contributed by atoms with Crippen LogP contribution in [0.4, 0.5) is 0 Å². The maximum atomic E-state index is 8.86. The van der Waals surface area contributed by atoms with Crippen molar-refractivity contribution in [2.45, 2.75) is 33.2 Å². The van der Waals surface area contributed by atoms with Gasteiger partial charge in [0.1, 0.15) is 5.01 Å². The summed E-state index contributed by atoms with van der Waals surface area (Å²) in [5, 5.41) is 13.3. The van der Waals surface area contributed by atoms with Gasteiger partial charge in [0, 0.05) is 30.8 Å². The van der Waals surface area contributed by atoms with Gasteiger partial charge in [0.05, 0.1) is 0 Å². The Morgan fingerprint density at radius 1 is 1.47 bits per heavy atom. The van der Waals surface area contributed by atoms with Crippen molar-refractivity contribution in [1.29, 1.82) is 0 Å². The molecule has 0 saturated heterocycles. The van der Waals surface area contributed by atoms with Crippen LogP contribution in [-0.4, -0.2) is 23.2 Å². The lowest BCUT2D eigenvalue weighted by molar-refractivity contribution is 0.233. The van der Waals surface area contributed by atoms with Crippen molar-refractivity contribution in [2.75, 3.05) is 13.2 Å². The highest BCUT2D eigenvalue weighted by Gasteiger charge is 2.05. The van der Waals surface area contributed by atoms with Crippen LogP contribution in [0.2, 0.25) is 0 Å². The van der Waals surface area contributed by atoms with E-state index in [1.54, 1.807) is 11.3 Å². The summed E-state index contributed by atoms with van der Waals surface area (Å²) in [5.74, 6) is 0.877. The van der Waals surface area contributed by atoms with Gasteiger partial charge < -0.3 is 10.4 Å². The van der Waals surface area contributed by atoms with Crippen LogP contribution in [0.1, 0.15) is 36.6 Å². The van der Waals surface area contributed by atoms with Gasteiger partial charge in [-0.3, -0.25) is 0 Å². The van der Waals surface area contributed by atoms with Gasteiger partial charge in [0.15, 0.2) is 0 Å². The zero-order chi connectivity index (χ0) is 11.3. The molecule has 4 heteroatoms. The van der Waals surface area contributed by atoms with Gasteiger partial charge in [0.25, 0.3) is 0 Å². The fraction of sp³-hybridized carbons (Fsp3) is 0.727. The standard InChI is InChI=1S/C11H20N2OS/c1-8(2)10-5-13-11(15-10)6-12-4-9(3)7-14/h5,8-9,12,14H,4,6-7H2,1-3H3. The molecular formula is C11H20N2OS. The first-order chi connectivity index (χ1) is 7.13. The minimum absolute atomic E-state index is 0.238. The molecule has 0 fully saturated rings. The molecule has 86 valence electrons. The number of hydrogen-bond acceptors (Lipinski definition) is 4. The second kappa shape index (κ2) is 6.20. The van der Waals surface area contributed by atoms with Crippen LogP contribution < -0.4 is 5.32 Å². The van der Waals surface area contributed by atoms with Gasteiger partial charge in [-0.15, -0.1) is 11.3 Å². The topological polar surface area (TPSA) is 45.1 Å². The second-order valence-corrected chi connectivity index (χ2v) is 5.38. The molecule has 0 spiro atoms. The van der Waals surface area contributed by atoms with E-state index >= 15 is 0 Å². The molecule has 0 aliphatic carbocycles. The van der Waals surface area contributed by atoms with Crippen molar-refractivity contribution >= 4 is 11.3 Å². The lowest BCUT2D eigenvalue weighted by Crippen LogP contribution is -2.22. The highest BCUT2D eigenvalue weighted by molar-refractivity contribution is 7.11. The Bertz CT molecular complexity index is 286. The first-order valence-electron chi connectivity index (χ1n) is 5.39. The largest absolute Gasteiger partial charge is 0.396 e. The van der Waals surface area contributed by atoms with Crippen LogP contribution in [-0.2, 0) is 6.54 Å². The third-order valence-electron chi connectivity index (χ3n) is 2.22. The summed E-state index contributed by atoms with van der Waals surface area (Å²) in [4.78, 5) is 5.69. The summed E-state index contributed by atoms with van der Waals surface area (Å²) in [5.41, 5.74) is 0. The van der Waals surface area contributed by atoms with Crippen LogP contribution in [0.25, 0.3) is 0 Å². The maximum Gasteiger partial charge on any atom is 0.107 e. The molecule has 0 radical (unpaired) electrons. The molecule has 1 unspecified atom stereocenters. The Morgan fingerprint density at radius 3 is 2.73 bits per heavy atom. The molecule has 1 rings (SSSR count). The van der Waals surface area contributed by atoms with Crippen molar-refractivity contribution in [3.63, 3.8) is 0 Å². The summed E-state index contributed by atoms with van der Waals surface area (Å²) in [7, 11) is 0. The van der Waals surface area contributed by atoms with E-state index in [1.807, 2.05) is 13.1 Å². The number of aliphatic hydroxyl groups excluding tert-OH is 1. The first-order valence-corrected chi connectivity index (χ1v) is 6.21. The molecule has 0 bridgehead atoms. The summed E-state index contributed by atoms with van der Waals surface area (Å²) in [6.07, 6.45) is 1.96. The van der Waals surface area contributed by atoms with Crippen LogP contribution in [0, 0.1) is 5.92 Å². The monoisotopic (exact) mass is 228 g/mol. The Labute approximate surface area is 95.6 Å².